The van der Waals surface area contributed by atoms with Crippen molar-refractivity contribution < 1.29 is 14.6 Å². The summed E-state index contributed by atoms with van der Waals surface area (Å²) >= 11 is 0. The number of nitrogens with one attached hydrogen (secondary N) is 2. The summed E-state index contributed by atoms with van der Waals surface area (Å²) in [5.41, 5.74) is 1.83. The molecule has 2 aromatic rings. The lowest BCUT2D eigenvalue weighted by molar-refractivity contribution is 0.102. The van der Waals surface area contributed by atoms with Crippen LogP contribution < -0.4 is 10.1 Å². The van der Waals surface area contributed by atoms with Gasteiger partial charge < -0.3 is 15.2 Å². The zero-order valence-corrected chi connectivity index (χ0v) is 10.5. The van der Waals surface area contributed by atoms with Crippen LogP contribution in [0.4, 0.5) is 5.69 Å². The largest absolute Gasteiger partial charge is 0.491 e. The molecule has 0 saturated heterocycles. The van der Waals surface area contributed by atoms with Gasteiger partial charge in [0.15, 0.2) is 5.69 Å². The molecule has 6 heteroatoms. The van der Waals surface area contributed by atoms with Crippen LogP contribution in [0.15, 0.2) is 30.3 Å². The highest BCUT2D eigenvalue weighted by atomic mass is 16.5. The maximum Gasteiger partial charge on any atom is 0.276 e. The number of anilines is 1. The molecule has 0 spiro atoms. The molecule has 0 aliphatic heterocycles. The predicted octanol–water partition coefficient (Wildman–Crippen LogP) is 1.34. The van der Waals surface area contributed by atoms with Crippen molar-refractivity contribution >= 4 is 11.6 Å². The van der Waals surface area contributed by atoms with E-state index in [4.69, 9.17) is 9.84 Å². The maximum absolute atomic E-state index is 11.8. The Balaban J connectivity index is 1.97. The molecule has 100 valence electrons. The molecular formula is C13H15N3O3. The molecule has 0 saturated carbocycles. The van der Waals surface area contributed by atoms with Gasteiger partial charge in [0.05, 0.1) is 6.61 Å². The summed E-state index contributed by atoms with van der Waals surface area (Å²) in [7, 11) is 0. The second kappa shape index (κ2) is 6.01. The molecule has 0 atom stereocenters. The van der Waals surface area contributed by atoms with Crippen LogP contribution in [-0.4, -0.2) is 34.4 Å². The van der Waals surface area contributed by atoms with Crippen molar-refractivity contribution in [1.82, 2.24) is 10.2 Å². The number of aromatic amines is 1. The number of ether oxygens (including phenoxy) is 1. The normalized spacial score (nSPS) is 10.2. The number of aliphatic hydroxyl groups excluding tert-OH is 1. The molecule has 0 bridgehead atoms. The SMILES string of the molecule is Cc1cc(C(=O)Nc2ccc(OCCO)cc2)n[nH]1. The van der Waals surface area contributed by atoms with Gasteiger partial charge in [-0.05, 0) is 37.3 Å². The third kappa shape index (κ3) is 3.56. The molecule has 0 radical (unpaired) electrons. The molecule has 6 nitrogen and oxygen atoms in total. The van der Waals surface area contributed by atoms with E-state index in [9.17, 15) is 4.79 Å². The monoisotopic (exact) mass is 261 g/mol. The Morgan fingerprint density at radius 1 is 1.42 bits per heavy atom. The first-order chi connectivity index (χ1) is 9.19. The zero-order valence-electron chi connectivity index (χ0n) is 10.5. The molecule has 1 heterocycles. The van der Waals surface area contributed by atoms with Crippen LogP contribution >= 0.6 is 0 Å². The van der Waals surface area contributed by atoms with E-state index < -0.39 is 0 Å². The van der Waals surface area contributed by atoms with Gasteiger partial charge in [-0.3, -0.25) is 9.89 Å². The van der Waals surface area contributed by atoms with Gasteiger partial charge in [-0.2, -0.15) is 5.10 Å². The Morgan fingerprint density at radius 2 is 2.16 bits per heavy atom. The standard InChI is InChI=1S/C13H15N3O3/c1-9-8-12(16-15-9)13(18)14-10-2-4-11(5-3-10)19-7-6-17/h2-5,8,17H,6-7H2,1H3,(H,14,18)(H,15,16). The van der Waals surface area contributed by atoms with Crippen molar-refractivity contribution in [2.75, 3.05) is 18.5 Å². The fourth-order valence-electron chi connectivity index (χ4n) is 1.53. The van der Waals surface area contributed by atoms with Gasteiger partial charge in [-0.15, -0.1) is 0 Å². The quantitative estimate of drug-likeness (QED) is 0.758. The van der Waals surface area contributed by atoms with Gasteiger partial charge in [-0.25, -0.2) is 0 Å². The number of amides is 1. The van der Waals surface area contributed by atoms with Crippen molar-refractivity contribution in [3.05, 3.63) is 41.7 Å². The Morgan fingerprint density at radius 3 is 2.74 bits per heavy atom. The molecule has 0 aliphatic rings. The lowest BCUT2D eigenvalue weighted by Gasteiger charge is -2.06. The molecule has 0 unspecified atom stereocenters. The van der Waals surface area contributed by atoms with Gasteiger partial charge in [0.25, 0.3) is 5.91 Å². The van der Waals surface area contributed by atoms with E-state index in [1.165, 1.54) is 0 Å². The first kappa shape index (κ1) is 13.1. The first-order valence-electron chi connectivity index (χ1n) is 5.86. The van der Waals surface area contributed by atoms with Crippen LogP contribution in [-0.2, 0) is 0 Å². The van der Waals surface area contributed by atoms with Gasteiger partial charge in [0.2, 0.25) is 0 Å². The summed E-state index contributed by atoms with van der Waals surface area (Å²) in [5, 5.41) is 18.0. The van der Waals surface area contributed by atoms with Crippen molar-refractivity contribution in [1.29, 1.82) is 0 Å². The highest BCUT2D eigenvalue weighted by Crippen LogP contribution is 2.16. The maximum atomic E-state index is 11.8. The summed E-state index contributed by atoms with van der Waals surface area (Å²) in [6.45, 7) is 2.05. The number of hydrogen-bond donors (Lipinski definition) is 3. The van der Waals surface area contributed by atoms with E-state index in [2.05, 4.69) is 15.5 Å². The average Bonchev–Trinajstić information content (AvgIpc) is 2.85. The molecule has 2 rings (SSSR count). The van der Waals surface area contributed by atoms with Crippen molar-refractivity contribution in [3.63, 3.8) is 0 Å². The number of carbonyl (C=O) groups excluding carboxylic acids is 1. The number of aliphatic hydroxyl groups is 1. The molecular weight excluding hydrogens is 246 g/mol. The minimum absolute atomic E-state index is 0.0308. The summed E-state index contributed by atoms with van der Waals surface area (Å²) in [6.07, 6.45) is 0. The number of rotatable bonds is 5. The van der Waals surface area contributed by atoms with Gasteiger partial charge in [0.1, 0.15) is 12.4 Å². The average molecular weight is 261 g/mol. The Hall–Kier alpha value is -2.34. The van der Waals surface area contributed by atoms with E-state index in [1.807, 2.05) is 6.92 Å². The summed E-state index contributed by atoms with van der Waals surface area (Å²) < 4.78 is 5.22. The summed E-state index contributed by atoms with van der Waals surface area (Å²) in [6, 6.07) is 8.57. The minimum atomic E-state index is -0.270. The molecule has 3 N–H and O–H groups in total. The van der Waals surface area contributed by atoms with Crippen LogP contribution in [0.3, 0.4) is 0 Å². The van der Waals surface area contributed by atoms with Gasteiger partial charge in [-0.1, -0.05) is 0 Å². The molecule has 0 fully saturated rings. The lowest BCUT2D eigenvalue weighted by Crippen LogP contribution is -2.12. The van der Waals surface area contributed by atoms with Crippen LogP contribution in [0, 0.1) is 6.92 Å². The molecule has 1 aromatic heterocycles. The number of carbonyl (C=O) groups is 1. The first-order valence-corrected chi connectivity index (χ1v) is 5.86. The number of hydrogen-bond acceptors (Lipinski definition) is 4. The Bertz CT molecular complexity index is 549. The number of H-pyrrole nitrogens is 1. The number of aromatic nitrogens is 2. The smallest absolute Gasteiger partial charge is 0.276 e. The third-order valence-electron chi connectivity index (χ3n) is 2.41. The fraction of sp³-hybridized carbons (Fsp3) is 0.231. The zero-order chi connectivity index (χ0) is 13.7. The van der Waals surface area contributed by atoms with Crippen molar-refractivity contribution in [2.24, 2.45) is 0 Å². The van der Waals surface area contributed by atoms with Crippen LogP contribution in [0.1, 0.15) is 16.2 Å². The van der Waals surface area contributed by atoms with E-state index in [0.29, 0.717) is 17.1 Å². The van der Waals surface area contributed by atoms with Crippen LogP contribution in [0.5, 0.6) is 5.75 Å². The summed E-state index contributed by atoms with van der Waals surface area (Å²) in [4.78, 5) is 11.8. The fourth-order valence-corrected chi connectivity index (χ4v) is 1.53. The highest BCUT2D eigenvalue weighted by Gasteiger charge is 2.09. The van der Waals surface area contributed by atoms with Gasteiger partial charge in [0, 0.05) is 11.4 Å². The Kier molecular flexibility index (Phi) is 4.15. The number of nitrogens with zero attached hydrogens (tertiary/aromatic N) is 1. The van der Waals surface area contributed by atoms with E-state index in [-0.39, 0.29) is 19.1 Å². The van der Waals surface area contributed by atoms with E-state index in [0.717, 1.165) is 5.69 Å². The van der Waals surface area contributed by atoms with Crippen LogP contribution in [0.25, 0.3) is 0 Å². The van der Waals surface area contributed by atoms with Gasteiger partial charge >= 0.3 is 0 Å². The molecule has 0 aliphatic carbocycles. The van der Waals surface area contributed by atoms with E-state index in [1.54, 1.807) is 30.3 Å². The van der Waals surface area contributed by atoms with Crippen molar-refractivity contribution in [3.8, 4) is 5.75 Å². The van der Waals surface area contributed by atoms with E-state index >= 15 is 0 Å². The lowest BCUT2D eigenvalue weighted by atomic mass is 10.3. The molecule has 19 heavy (non-hydrogen) atoms. The highest BCUT2D eigenvalue weighted by molar-refractivity contribution is 6.02. The minimum Gasteiger partial charge on any atom is -0.491 e. The number of aryl methyl sites for hydroxylation is 1. The Labute approximate surface area is 110 Å². The summed E-state index contributed by atoms with van der Waals surface area (Å²) in [5.74, 6) is 0.371. The van der Waals surface area contributed by atoms with Crippen LogP contribution in [0.2, 0.25) is 0 Å². The second-order valence-corrected chi connectivity index (χ2v) is 3.99. The molecule has 1 amide bonds. The van der Waals surface area contributed by atoms with Crippen molar-refractivity contribution in [2.45, 2.75) is 6.92 Å². The molecule has 1 aromatic carbocycles. The second-order valence-electron chi connectivity index (χ2n) is 3.99. The predicted molar refractivity (Wildman–Crippen MR) is 70.3 cm³/mol. The number of benzene rings is 1. The topological polar surface area (TPSA) is 87.2 Å². The third-order valence-corrected chi connectivity index (χ3v) is 2.41.